The number of nitriles is 1. The topological polar surface area (TPSA) is 90.2 Å². The van der Waals surface area contributed by atoms with Gasteiger partial charge in [-0.05, 0) is 19.3 Å². The van der Waals surface area contributed by atoms with E-state index in [0.717, 1.165) is 0 Å². The van der Waals surface area contributed by atoms with E-state index >= 15 is 0 Å². The van der Waals surface area contributed by atoms with Crippen LogP contribution in [0.15, 0.2) is 0 Å². The van der Waals surface area contributed by atoms with Crippen LogP contribution in [0.4, 0.5) is 0 Å². The van der Waals surface area contributed by atoms with Gasteiger partial charge in [0.05, 0.1) is 6.07 Å². The van der Waals surface area contributed by atoms with Crippen LogP contribution in [0.1, 0.15) is 33.6 Å². The van der Waals surface area contributed by atoms with Gasteiger partial charge >= 0.3 is 5.97 Å². The summed E-state index contributed by atoms with van der Waals surface area (Å²) in [6.07, 6.45) is 0.431. The number of rotatable bonds is 6. The first-order valence-corrected chi connectivity index (χ1v) is 5.28. The summed E-state index contributed by atoms with van der Waals surface area (Å²) in [5, 5.41) is 19.9. The summed E-state index contributed by atoms with van der Waals surface area (Å²) in [7, 11) is 0. The highest BCUT2D eigenvalue weighted by Gasteiger charge is 2.22. The third kappa shape index (κ3) is 6.02. The Kier molecular flexibility index (Phi) is 6.16. The third-order valence-corrected chi connectivity index (χ3v) is 2.04. The highest BCUT2D eigenvalue weighted by molar-refractivity contribution is 5.83. The highest BCUT2D eigenvalue weighted by atomic mass is 16.4. The number of carboxylic acids is 1. The van der Waals surface area contributed by atoms with Crippen molar-refractivity contribution in [1.82, 2.24) is 5.32 Å². The molecule has 0 heterocycles. The smallest absolute Gasteiger partial charge is 0.326 e. The second-order valence-electron chi connectivity index (χ2n) is 4.32. The lowest BCUT2D eigenvalue weighted by molar-refractivity contribution is -0.142. The van der Waals surface area contributed by atoms with Crippen molar-refractivity contribution in [2.24, 2.45) is 11.8 Å². The number of amides is 1. The molecular weight excluding hydrogens is 208 g/mol. The van der Waals surface area contributed by atoms with Crippen LogP contribution < -0.4 is 5.32 Å². The van der Waals surface area contributed by atoms with Gasteiger partial charge in [-0.25, -0.2) is 4.79 Å². The second-order valence-corrected chi connectivity index (χ2v) is 4.32. The van der Waals surface area contributed by atoms with Crippen LogP contribution in [0.3, 0.4) is 0 Å². The number of nitrogens with one attached hydrogen (secondary N) is 1. The predicted molar refractivity (Wildman–Crippen MR) is 58.4 cm³/mol. The van der Waals surface area contributed by atoms with Crippen LogP contribution in [0.25, 0.3) is 0 Å². The van der Waals surface area contributed by atoms with Crippen LogP contribution in [0, 0.1) is 23.2 Å². The molecule has 0 bridgehead atoms. The Labute approximate surface area is 95.4 Å². The van der Waals surface area contributed by atoms with Crippen LogP contribution in [-0.4, -0.2) is 23.0 Å². The summed E-state index contributed by atoms with van der Waals surface area (Å²) in [4.78, 5) is 22.2. The fourth-order valence-corrected chi connectivity index (χ4v) is 1.25. The number of nitrogens with zero attached hydrogens (tertiary/aromatic N) is 1. The first-order valence-electron chi connectivity index (χ1n) is 5.28. The monoisotopic (exact) mass is 226 g/mol. The lowest BCUT2D eigenvalue weighted by Crippen LogP contribution is -2.42. The van der Waals surface area contributed by atoms with Crippen LogP contribution in [0.5, 0.6) is 0 Å². The van der Waals surface area contributed by atoms with E-state index in [4.69, 9.17) is 10.4 Å². The maximum absolute atomic E-state index is 11.4. The van der Waals surface area contributed by atoms with Crippen molar-refractivity contribution >= 4 is 11.9 Å². The minimum atomic E-state index is -1.10. The van der Waals surface area contributed by atoms with E-state index in [9.17, 15) is 9.59 Å². The average Bonchev–Trinajstić information content (AvgIpc) is 2.14. The number of carboxylic acid groups (broad SMARTS) is 1. The minimum Gasteiger partial charge on any atom is -0.480 e. The Hall–Kier alpha value is -1.57. The first-order chi connectivity index (χ1) is 7.36. The molecule has 0 saturated heterocycles. The molecule has 16 heavy (non-hydrogen) atoms. The molecule has 0 aromatic rings. The van der Waals surface area contributed by atoms with Crippen molar-refractivity contribution in [1.29, 1.82) is 5.26 Å². The summed E-state index contributed by atoms with van der Waals surface area (Å²) < 4.78 is 0. The molecule has 2 N–H and O–H groups in total. The van der Waals surface area contributed by atoms with Crippen LogP contribution in [0.2, 0.25) is 0 Å². The molecule has 0 unspecified atom stereocenters. The highest BCUT2D eigenvalue weighted by Crippen LogP contribution is 2.06. The Bertz CT molecular complexity index is 294. The molecular formula is C11H18N2O3. The molecule has 0 rings (SSSR count). The van der Waals surface area contributed by atoms with Gasteiger partial charge in [-0.15, -0.1) is 0 Å². The molecule has 5 heteroatoms. The zero-order chi connectivity index (χ0) is 12.7. The lowest BCUT2D eigenvalue weighted by atomic mass is 10.0. The quantitative estimate of drug-likeness (QED) is 0.710. The molecule has 0 aromatic heterocycles. The SMILES string of the molecule is CC(C)CC(=O)N[C@H](C[C@@H](C)C#N)C(=O)O. The van der Waals surface area contributed by atoms with Gasteiger partial charge in [0.1, 0.15) is 6.04 Å². The van der Waals surface area contributed by atoms with Gasteiger partial charge in [-0.2, -0.15) is 5.26 Å². The van der Waals surface area contributed by atoms with E-state index in [1.165, 1.54) is 0 Å². The van der Waals surface area contributed by atoms with E-state index in [0.29, 0.717) is 6.42 Å². The largest absolute Gasteiger partial charge is 0.480 e. The predicted octanol–water partition coefficient (Wildman–Crippen LogP) is 1.15. The number of hydrogen-bond donors (Lipinski definition) is 2. The summed E-state index contributed by atoms with van der Waals surface area (Å²) >= 11 is 0. The van der Waals surface area contributed by atoms with Gasteiger partial charge in [0.2, 0.25) is 5.91 Å². The van der Waals surface area contributed by atoms with Gasteiger partial charge in [0, 0.05) is 12.3 Å². The zero-order valence-electron chi connectivity index (χ0n) is 9.86. The molecule has 1 amide bonds. The molecule has 0 fully saturated rings. The second kappa shape index (κ2) is 6.83. The van der Waals surface area contributed by atoms with Crippen molar-refractivity contribution in [3.05, 3.63) is 0 Å². The Morgan fingerprint density at radius 3 is 2.31 bits per heavy atom. The van der Waals surface area contributed by atoms with Crippen molar-refractivity contribution in [3.8, 4) is 6.07 Å². The van der Waals surface area contributed by atoms with Crippen LogP contribution >= 0.6 is 0 Å². The first kappa shape index (κ1) is 14.4. The molecule has 0 saturated carbocycles. The normalized spacial score (nSPS) is 13.9. The fraction of sp³-hybridized carbons (Fsp3) is 0.727. The summed E-state index contributed by atoms with van der Waals surface area (Å²) in [6, 6.07) is 0.978. The van der Waals surface area contributed by atoms with E-state index in [1.54, 1.807) is 6.92 Å². The molecule has 90 valence electrons. The van der Waals surface area contributed by atoms with E-state index < -0.39 is 12.0 Å². The average molecular weight is 226 g/mol. The summed E-state index contributed by atoms with van der Waals surface area (Å²) in [5.41, 5.74) is 0. The Morgan fingerprint density at radius 1 is 1.38 bits per heavy atom. The molecule has 0 aromatic carbocycles. The van der Waals surface area contributed by atoms with Crippen molar-refractivity contribution in [2.45, 2.75) is 39.7 Å². The summed E-state index contributed by atoms with van der Waals surface area (Å²) in [6.45, 7) is 5.39. The van der Waals surface area contributed by atoms with Gasteiger partial charge in [0.15, 0.2) is 0 Å². The summed E-state index contributed by atoms with van der Waals surface area (Å²) in [5.74, 6) is -1.59. The molecule has 0 radical (unpaired) electrons. The zero-order valence-corrected chi connectivity index (χ0v) is 9.86. The van der Waals surface area contributed by atoms with Crippen molar-refractivity contribution in [3.63, 3.8) is 0 Å². The number of hydrogen-bond acceptors (Lipinski definition) is 3. The standard InChI is InChI=1S/C11H18N2O3/c1-7(2)4-10(14)13-9(11(15)16)5-8(3)6-12/h7-9H,4-5H2,1-3H3,(H,13,14)(H,15,16)/t8-,9-/m1/s1. The van der Waals surface area contributed by atoms with E-state index in [2.05, 4.69) is 5.32 Å². The molecule has 0 aliphatic carbocycles. The number of carbonyl (C=O) groups is 2. The van der Waals surface area contributed by atoms with Gasteiger partial charge in [0.25, 0.3) is 0 Å². The van der Waals surface area contributed by atoms with Gasteiger partial charge < -0.3 is 10.4 Å². The number of aliphatic carboxylic acids is 1. The van der Waals surface area contributed by atoms with Gasteiger partial charge in [-0.1, -0.05) is 13.8 Å². The maximum atomic E-state index is 11.4. The van der Waals surface area contributed by atoms with Crippen LogP contribution in [-0.2, 0) is 9.59 Å². The Morgan fingerprint density at radius 2 is 1.94 bits per heavy atom. The fourth-order valence-electron chi connectivity index (χ4n) is 1.25. The maximum Gasteiger partial charge on any atom is 0.326 e. The molecule has 0 spiro atoms. The Balaban J connectivity index is 4.30. The van der Waals surface area contributed by atoms with Crippen molar-refractivity contribution in [2.75, 3.05) is 0 Å². The van der Waals surface area contributed by atoms with E-state index in [1.807, 2.05) is 19.9 Å². The third-order valence-electron chi connectivity index (χ3n) is 2.04. The van der Waals surface area contributed by atoms with E-state index in [-0.39, 0.29) is 24.2 Å². The molecule has 0 aliphatic heterocycles. The molecule has 5 nitrogen and oxygen atoms in total. The minimum absolute atomic E-state index is 0.135. The van der Waals surface area contributed by atoms with Crippen molar-refractivity contribution < 1.29 is 14.7 Å². The number of carbonyl (C=O) groups excluding carboxylic acids is 1. The van der Waals surface area contributed by atoms with Gasteiger partial charge in [-0.3, -0.25) is 4.79 Å². The molecule has 0 aliphatic rings. The lowest BCUT2D eigenvalue weighted by Gasteiger charge is -2.16. The molecule has 2 atom stereocenters.